The highest BCUT2D eigenvalue weighted by Gasteiger charge is 2.10. The van der Waals surface area contributed by atoms with E-state index in [4.69, 9.17) is 0 Å². The molecule has 0 unspecified atom stereocenters. The number of hydrogen-bond donors (Lipinski definition) is 0. The summed E-state index contributed by atoms with van der Waals surface area (Å²) < 4.78 is 3.81. The van der Waals surface area contributed by atoms with Crippen LogP contribution in [0.3, 0.4) is 0 Å². The molecular formula is C12H10BrN5O. The first-order valence-corrected chi connectivity index (χ1v) is 6.45. The van der Waals surface area contributed by atoms with Crippen LogP contribution in [0.2, 0.25) is 0 Å². The Morgan fingerprint density at radius 2 is 2.11 bits per heavy atom. The first kappa shape index (κ1) is 12.0. The maximum Gasteiger partial charge on any atom is 0.281 e. The Balaban J connectivity index is 2.09. The van der Waals surface area contributed by atoms with Gasteiger partial charge in [-0.1, -0.05) is 39.3 Å². The van der Waals surface area contributed by atoms with Crippen LogP contribution in [0.15, 0.2) is 39.7 Å². The van der Waals surface area contributed by atoms with E-state index in [1.807, 2.05) is 24.3 Å². The maximum absolute atomic E-state index is 12.2. The second-order valence-corrected chi connectivity index (χ2v) is 5.00. The predicted molar refractivity (Wildman–Crippen MR) is 73.8 cm³/mol. The molecule has 96 valence electrons. The second-order valence-electron chi connectivity index (χ2n) is 4.15. The van der Waals surface area contributed by atoms with Crippen LogP contribution < -0.4 is 5.56 Å². The molecule has 0 fully saturated rings. The maximum atomic E-state index is 12.2. The number of hydrogen-bond acceptors (Lipinski definition) is 4. The van der Waals surface area contributed by atoms with Crippen LogP contribution in [0.1, 0.15) is 5.56 Å². The molecule has 3 rings (SSSR count). The third-order valence-electron chi connectivity index (χ3n) is 2.90. The zero-order valence-corrected chi connectivity index (χ0v) is 11.7. The van der Waals surface area contributed by atoms with Crippen molar-refractivity contribution in [2.24, 2.45) is 7.05 Å². The van der Waals surface area contributed by atoms with Crippen LogP contribution in [0.4, 0.5) is 0 Å². The number of fused-ring (bicyclic) bond motifs is 1. The van der Waals surface area contributed by atoms with Crippen molar-refractivity contribution in [2.45, 2.75) is 6.54 Å². The van der Waals surface area contributed by atoms with E-state index in [1.165, 1.54) is 15.6 Å². The molecule has 0 atom stereocenters. The Bertz CT molecular complexity index is 807. The first-order valence-electron chi connectivity index (χ1n) is 5.66. The molecule has 0 saturated carbocycles. The molecule has 0 aliphatic heterocycles. The Morgan fingerprint density at radius 3 is 2.89 bits per heavy atom. The van der Waals surface area contributed by atoms with Crippen molar-refractivity contribution >= 4 is 27.0 Å². The molecule has 6 nitrogen and oxygen atoms in total. The molecule has 7 heteroatoms. The van der Waals surface area contributed by atoms with E-state index in [2.05, 4.69) is 31.3 Å². The molecule has 3 aromatic rings. The van der Waals surface area contributed by atoms with Crippen LogP contribution >= 0.6 is 15.9 Å². The number of benzene rings is 1. The molecule has 0 aliphatic carbocycles. The highest BCUT2D eigenvalue weighted by atomic mass is 79.9. The smallest absolute Gasteiger partial charge is 0.267 e. The summed E-state index contributed by atoms with van der Waals surface area (Å²) in [5.41, 5.74) is 1.28. The van der Waals surface area contributed by atoms with E-state index in [0.717, 1.165) is 10.0 Å². The van der Waals surface area contributed by atoms with Crippen molar-refractivity contribution in [3.8, 4) is 0 Å². The summed E-state index contributed by atoms with van der Waals surface area (Å²) in [6, 6.07) is 7.70. The van der Waals surface area contributed by atoms with Gasteiger partial charge < -0.3 is 0 Å². The topological polar surface area (TPSA) is 65.6 Å². The fraction of sp³-hybridized carbons (Fsp3) is 0.167. The van der Waals surface area contributed by atoms with Gasteiger partial charge in [-0.25, -0.2) is 9.36 Å². The van der Waals surface area contributed by atoms with Gasteiger partial charge in [-0.3, -0.25) is 4.79 Å². The number of rotatable bonds is 2. The summed E-state index contributed by atoms with van der Waals surface area (Å²) >= 11 is 3.45. The minimum Gasteiger partial charge on any atom is -0.267 e. The van der Waals surface area contributed by atoms with Gasteiger partial charge in [0.25, 0.3) is 5.56 Å². The lowest BCUT2D eigenvalue weighted by Gasteiger charge is -2.05. The molecule has 0 N–H and O–H groups in total. The lowest BCUT2D eigenvalue weighted by atomic mass is 10.2. The van der Waals surface area contributed by atoms with E-state index in [9.17, 15) is 4.79 Å². The molecule has 0 bridgehead atoms. The van der Waals surface area contributed by atoms with Gasteiger partial charge in [0, 0.05) is 11.5 Å². The number of aryl methyl sites for hydroxylation is 1. The van der Waals surface area contributed by atoms with E-state index >= 15 is 0 Å². The lowest BCUT2D eigenvalue weighted by molar-refractivity contribution is 0.594. The van der Waals surface area contributed by atoms with Crippen molar-refractivity contribution in [1.29, 1.82) is 0 Å². The van der Waals surface area contributed by atoms with Crippen molar-refractivity contribution in [1.82, 2.24) is 24.8 Å². The largest absolute Gasteiger partial charge is 0.281 e. The van der Waals surface area contributed by atoms with E-state index in [-0.39, 0.29) is 5.56 Å². The van der Waals surface area contributed by atoms with Gasteiger partial charge in [-0.2, -0.15) is 5.10 Å². The zero-order valence-electron chi connectivity index (χ0n) is 10.1. The highest BCUT2D eigenvalue weighted by Crippen LogP contribution is 2.16. The van der Waals surface area contributed by atoms with Gasteiger partial charge in [0.15, 0.2) is 5.65 Å². The first-order chi connectivity index (χ1) is 9.16. The summed E-state index contributed by atoms with van der Waals surface area (Å²) in [6.07, 6.45) is 1.52. The molecule has 0 spiro atoms. The summed E-state index contributed by atoms with van der Waals surface area (Å²) in [4.78, 5) is 12.2. The zero-order chi connectivity index (χ0) is 13.4. The molecule has 0 aliphatic rings. The van der Waals surface area contributed by atoms with Gasteiger partial charge in [0.1, 0.15) is 5.39 Å². The van der Waals surface area contributed by atoms with Gasteiger partial charge >= 0.3 is 0 Å². The minimum atomic E-state index is -0.186. The normalized spacial score (nSPS) is 11.1. The standard InChI is InChI=1S/C12H10BrN5O/c1-17-11-9(6-14-17)12(19)18(16-15-11)7-8-4-2-3-5-10(8)13/h2-6H,7H2,1H3. The summed E-state index contributed by atoms with van der Waals surface area (Å²) in [7, 11) is 1.73. The van der Waals surface area contributed by atoms with Crippen LogP contribution in [0.25, 0.3) is 11.0 Å². The van der Waals surface area contributed by atoms with Crippen LogP contribution in [-0.4, -0.2) is 24.8 Å². The van der Waals surface area contributed by atoms with Crippen molar-refractivity contribution < 1.29 is 0 Å². The number of aromatic nitrogens is 5. The summed E-state index contributed by atoms with van der Waals surface area (Å²) in [5, 5.41) is 12.5. The molecule has 2 heterocycles. The van der Waals surface area contributed by atoms with Crippen LogP contribution in [0.5, 0.6) is 0 Å². The molecule has 0 saturated heterocycles. The van der Waals surface area contributed by atoms with Crippen LogP contribution in [-0.2, 0) is 13.6 Å². The third kappa shape index (κ3) is 2.06. The monoisotopic (exact) mass is 319 g/mol. The van der Waals surface area contributed by atoms with Crippen molar-refractivity contribution in [3.63, 3.8) is 0 Å². The SMILES string of the molecule is Cn1ncc2c(=O)n(Cc3ccccc3Br)nnc21. The number of halogens is 1. The Morgan fingerprint density at radius 1 is 1.32 bits per heavy atom. The predicted octanol–water partition coefficient (Wildman–Crippen LogP) is 1.34. The van der Waals surface area contributed by atoms with E-state index in [1.54, 1.807) is 7.05 Å². The second kappa shape index (κ2) is 4.58. The van der Waals surface area contributed by atoms with E-state index < -0.39 is 0 Å². The summed E-state index contributed by atoms with van der Waals surface area (Å²) in [5.74, 6) is 0. The fourth-order valence-electron chi connectivity index (χ4n) is 1.87. The fourth-order valence-corrected chi connectivity index (χ4v) is 2.28. The van der Waals surface area contributed by atoms with Gasteiger partial charge in [0.2, 0.25) is 0 Å². The van der Waals surface area contributed by atoms with Crippen molar-refractivity contribution in [3.05, 3.63) is 50.9 Å². The Hall–Kier alpha value is -2.02. The van der Waals surface area contributed by atoms with Gasteiger partial charge in [-0.15, -0.1) is 5.10 Å². The lowest BCUT2D eigenvalue weighted by Crippen LogP contribution is -2.24. The summed E-state index contributed by atoms with van der Waals surface area (Å²) in [6.45, 7) is 0.373. The Labute approximate surface area is 116 Å². The van der Waals surface area contributed by atoms with Gasteiger partial charge in [-0.05, 0) is 11.6 Å². The van der Waals surface area contributed by atoms with Gasteiger partial charge in [0.05, 0.1) is 12.7 Å². The minimum absolute atomic E-state index is 0.186. The molecule has 2 aromatic heterocycles. The van der Waals surface area contributed by atoms with Crippen LogP contribution in [0, 0.1) is 0 Å². The molecule has 19 heavy (non-hydrogen) atoms. The average molecular weight is 320 g/mol. The number of nitrogens with zero attached hydrogens (tertiary/aromatic N) is 5. The highest BCUT2D eigenvalue weighted by molar-refractivity contribution is 9.10. The molecule has 1 aromatic carbocycles. The van der Waals surface area contributed by atoms with E-state index in [0.29, 0.717) is 17.6 Å². The third-order valence-corrected chi connectivity index (χ3v) is 3.67. The molecule has 0 amide bonds. The molecular weight excluding hydrogens is 310 g/mol. The Kier molecular flexibility index (Phi) is 2.90. The quantitative estimate of drug-likeness (QED) is 0.715. The average Bonchev–Trinajstić information content (AvgIpc) is 2.78. The molecule has 0 radical (unpaired) electrons. The van der Waals surface area contributed by atoms with Crippen molar-refractivity contribution in [2.75, 3.05) is 0 Å².